The lowest BCUT2D eigenvalue weighted by molar-refractivity contribution is 0.312. The second-order valence-electron chi connectivity index (χ2n) is 4.89. The minimum absolute atomic E-state index is 0.147. The summed E-state index contributed by atoms with van der Waals surface area (Å²) in [6.07, 6.45) is 4.73. The van der Waals surface area contributed by atoms with Crippen LogP contribution in [0.3, 0.4) is 0 Å². The average Bonchev–Trinajstić information content (AvgIpc) is 2.87. The van der Waals surface area contributed by atoms with Crippen LogP contribution in [0.15, 0.2) is 4.52 Å². The SMILES string of the molecule is CCC(C)[C@H](N)c1nc(N2CCCCC2)no1. The summed E-state index contributed by atoms with van der Waals surface area (Å²) in [5.41, 5.74) is 6.08. The molecule has 2 heterocycles. The van der Waals surface area contributed by atoms with Crippen molar-refractivity contribution in [1.29, 1.82) is 0 Å². The Kier molecular flexibility index (Phi) is 3.99. The van der Waals surface area contributed by atoms with Crippen molar-refractivity contribution in [2.45, 2.75) is 45.6 Å². The molecule has 2 atom stereocenters. The fourth-order valence-corrected chi connectivity index (χ4v) is 2.08. The summed E-state index contributed by atoms with van der Waals surface area (Å²) in [6.45, 7) is 6.27. The van der Waals surface area contributed by atoms with Crippen LogP contribution in [-0.2, 0) is 0 Å². The zero-order chi connectivity index (χ0) is 12.3. The van der Waals surface area contributed by atoms with E-state index in [9.17, 15) is 0 Å². The third kappa shape index (κ3) is 2.77. The van der Waals surface area contributed by atoms with Gasteiger partial charge in [0.2, 0.25) is 5.89 Å². The molecule has 0 bridgehead atoms. The van der Waals surface area contributed by atoms with Gasteiger partial charge in [0.05, 0.1) is 6.04 Å². The number of piperidine rings is 1. The molecular weight excluding hydrogens is 216 g/mol. The molecule has 0 radical (unpaired) electrons. The molecule has 0 amide bonds. The molecule has 1 fully saturated rings. The molecule has 0 spiro atoms. The molecule has 0 saturated carbocycles. The average molecular weight is 238 g/mol. The molecule has 0 aromatic carbocycles. The standard InChI is InChI=1S/C12H22N4O/c1-3-9(2)10(13)11-14-12(15-17-11)16-7-5-4-6-8-16/h9-10H,3-8,13H2,1-2H3/t9?,10-/m0/s1. The van der Waals surface area contributed by atoms with E-state index < -0.39 is 0 Å². The Morgan fingerprint density at radius 3 is 2.71 bits per heavy atom. The molecule has 2 N–H and O–H groups in total. The highest BCUT2D eigenvalue weighted by Crippen LogP contribution is 2.23. The highest BCUT2D eigenvalue weighted by molar-refractivity contribution is 5.28. The van der Waals surface area contributed by atoms with E-state index in [1.807, 2.05) is 0 Å². The van der Waals surface area contributed by atoms with Crippen molar-refractivity contribution in [2.75, 3.05) is 18.0 Å². The Hall–Kier alpha value is -1.10. The summed E-state index contributed by atoms with van der Waals surface area (Å²) in [5.74, 6) is 1.64. The van der Waals surface area contributed by atoms with Crippen molar-refractivity contribution in [3.8, 4) is 0 Å². The zero-order valence-electron chi connectivity index (χ0n) is 10.7. The van der Waals surface area contributed by atoms with E-state index in [1.54, 1.807) is 0 Å². The first-order valence-corrected chi connectivity index (χ1v) is 6.56. The molecule has 1 aliphatic heterocycles. The van der Waals surface area contributed by atoms with Crippen LogP contribution in [0.2, 0.25) is 0 Å². The highest BCUT2D eigenvalue weighted by atomic mass is 16.5. The summed E-state index contributed by atoms with van der Waals surface area (Å²) < 4.78 is 5.27. The lowest BCUT2D eigenvalue weighted by Gasteiger charge is -2.24. The number of anilines is 1. The van der Waals surface area contributed by atoms with Crippen LogP contribution in [-0.4, -0.2) is 23.2 Å². The second kappa shape index (κ2) is 5.49. The third-order valence-corrected chi connectivity index (χ3v) is 3.61. The molecule has 5 nitrogen and oxygen atoms in total. The van der Waals surface area contributed by atoms with Crippen molar-refractivity contribution in [2.24, 2.45) is 11.7 Å². The largest absolute Gasteiger partial charge is 0.338 e. The van der Waals surface area contributed by atoms with Gasteiger partial charge in [-0.3, -0.25) is 0 Å². The van der Waals surface area contributed by atoms with Crippen LogP contribution >= 0.6 is 0 Å². The van der Waals surface area contributed by atoms with Crippen molar-refractivity contribution >= 4 is 5.95 Å². The maximum absolute atomic E-state index is 6.08. The van der Waals surface area contributed by atoms with Gasteiger partial charge in [-0.2, -0.15) is 4.98 Å². The Morgan fingerprint density at radius 2 is 2.06 bits per heavy atom. The Labute approximate surface area is 102 Å². The van der Waals surface area contributed by atoms with E-state index in [2.05, 4.69) is 28.9 Å². The first-order chi connectivity index (χ1) is 8.22. The molecule has 17 heavy (non-hydrogen) atoms. The molecule has 96 valence electrons. The number of hydrogen-bond donors (Lipinski definition) is 1. The number of nitrogens with two attached hydrogens (primary N) is 1. The van der Waals surface area contributed by atoms with Crippen LogP contribution < -0.4 is 10.6 Å². The predicted molar refractivity (Wildman–Crippen MR) is 66.7 cm³/mol. The summed E-state index contributed by atoms with van der Waals surface area (Å²) in [7, 11) is 0. The maximum Gasteiger partial charge on any atom is 0.266 e. The minimum atomic E-state index is -0.147. The lowest BCUT2D eigenvalue weighted by Crippen LogP contribution is -2.30. The Balaban J connectivity index is 2.04. The van der Waals surface area contributed by atoms with Gasteiger partial charge in [0, 0.05) is 13.1 Å². The normalized spacial score (nSPS) is 20.3. The monoisotopic (exact) mass is 238 g/mol. The minimum Gasteiger partial charge on any atom is -0.338 e. The molecule has 1 aromatic heterocycles. The molecule has 1 aromatic rings. The van der Waals surface area contributed by atoms with E-state index in [-0.39, 0.29) is 6.04 Å². The zero-order valence-corrected chi connectivity index (χ0v) is 10.7. The molecule has 1 unspecified atom stereocenters. The van der Waals surface area contributed by atoms with Gasteiger partial charge in [-0.05, 0) is 30.3 Å². The summed E-state index contributed by atoms with van der Waals surface area (Å²) >= 11 is 0. The first-order valence-electron chi connectivity index (χ1n) is 6.56. The van der Waals surface area contributed by atoms with Crippen molar-refractivity contribution in [3.05, 3.63) is 5.89 Å². The van der Waals surface area contributed by atoms with Crippen LogP contribution in [0.5, 0.6) is 0 Å². The third-order valence-electron chi connectivity index (χ3n) is 3.61. The predicted octanol–water partition coefficient (Wildman–Crippen LogP) is 2.11. The Bertz CT molecular complexity index is 330. The van der Waals surface area contributed by atoms with E-state index in [0.717, 1.165) is 19.5 Å². The number of aromatic nitrogens is 2. The van der Waals surface area contributed by atoms with Gasteiger partial charge >= 0.3 is 0 Å². The number of hydrogen-bond acceptors (Lipinski definition) is 5. The molecule has 5 heteroatoms. The van der Waals surface area contributed by atoms with Crippen molar-refractivity contribution in [1.82, 2.24) is 10.1 Å². The molecular formula is C12H22N4O. The highest BCUT2D eigenvalue weighted by Gasteiger charge is 2.22. The summed E-state index contributed by atoms with van der Waals surface area (Å²) in [5, 5.41) is 4.04. The van der Waals surface area contributed by atoms with Crippen LogP contribution in [0, 0.1) is 5.92 Å². The molecule has 0 aliphatic carbocycles. The number of rotatable bonds is 4. The van der Waals surface area contributed by atoms with Gasteiger partial charge in [0.25, 0.3) is 5.95 Å². The maximum atomic E-state index is 6.08. The smallest absolute Gasteiger partial charge is 0.266 e. The van der Waals surface area contributed by atoms with Crippen LogP contribution in [0.25, 0.3) is 0 Å². The van der Waals surface area contributed by atoms with Crippen molar-refractivity contribution < 1.29 is 4.52 Å². The van der Waals surface area contributed by atoms with Gasteiger partial charge in [0.1, 0.15) is 0 Å². The van der Waals surface area contributed by atoms with Crippen molar-refractivity contribution in [3.63, 3.8) is 0 Å². The first kappa shape index (κ1) is 12.4. The van der Waals surface area contributed by atoms with Gasteiger partial charge in [0.15, 0.2) is 0 Å². The Morgan fingerprint density at radius 1 is 1.35 bits per heavy atom. The summed E-state index contributed by atoms with van der Waals surface area (Å²) in [6, 6.07) is -0.147. The second-order valence-corrected chi connectivity index (χ2v) is 4.89. The fourth-order valence-electron chi connectivity index (χ4n) is 2.08. The van der Waals surface area contributed by atoms with Gasteiger partial charge < -0.3 is 15.2 Å². The number of nitrogens with zero attached hydrogens (tertiary/aromatic N) is 3. The quantitative estimate of drug-likeness (QED) is 0.870. The topological polar surface area (TPSA) is 68.2 Å². The molecule has 1 saturated heterocycles. The van der Waals surface area contributed by atoms with Crippen LogP contribution in [0.4, 0.5) is 5.95 Å². The van der Waals surface area contributed by atoms with Gasteiger partial charge in [-0.25, -0.2) is 0 Å². The van der Waals surface area contributed by atoms with E-state index in [1.165, 1.54) is 19.3 Å². The van der Waals surface area contributed by atoms with E-state index in [0.29, 0.717) is 17.8 Å². The van der Waals surface area contributed by atoms with Gasteiger partial charge in [-0.15, -0.1) is 0 Å². The molecule has 2 rings (SSSR count). The fraction of sp³-hybridized carbons (Fsp3) is 0.833. The van der Waals surface area contributed by atoms with Gasteiger partial charge in [-0.1, -0.05) is 20.3 Å². The van der Waals surface area contributed by atoms with E-state index >= 15 is 0 Å². The lowest BCUT2D eigenvalue weighted by atomic mass is 10.0. The van der Waals surface area contributed by atoms with E-state index in [4.69, 9.17) is 10.3 Å². The summed E-state index contributed by atoms with van der Waals surface area (Å²) in [4.78, 5) is 6.61. The molecule has 1 aliphatic rings. The van der Waals surface area contributed by atoms with Crippen LogP contribution in [0.1, 0.15) is 51.5 Å².